The average molecular weight is 306 g/mol. The average Bonchev–Trinajstić information content (AvgIpc) is 2.55. The summed E-state index contributed by atoms with van der Waals surface area (Å²) in [6.45, 7) is 4.13. The van der Waals surface area contributed by atoms with Crippen LogP contribution in [0.3, 0.4) is 0 Å². The molecule has 1 heterocycles. The maximum absolute atomic E-state index is 11.7. The summed E-state index contributed by atoms with van der Waals surface area (Å²) in [6, 6.07) is 13.4. The zero-order chi connectivity index (χ0) is 16.4. The van der Waals surface area contributed by atoms with Crippen molar-refractivity contribution in [1.82, 2.24) is 4.98 Å². The smallest absolute Gasteiger partial charge is 0.337 e. The van der Waals surface area contributed by atoms with Gasteiger partial charge in [-0.2, -0.15) is 0 Å². The monoisotopic (exact) mass is 306 g/mol. The molecular formula is C19H18N2O2. The Bertz CT molecular complexity index is 888. The standard InChI is InChI=1S/C19H18N2O2/c1-12-9-13(2)18-16(10-12)17(7-8-20-18)21-15-6-4-5-14(11-15)19(22)23-3/h4-11H,1-3H3,(H,20,21). The van der Waals surface area contributed by atoms with E-state index in [1.54, 1.807) is 18.3 Å². The van der Waals surface area contributed by atoms with Crippen molar-refractivity contribution >= 4 is 28.2 Å². The number of fused-ring (bicyclic) bond motifs is 1. The van der Waals surface area contributed by atoms with Gasteiger partial charge in [-0.15, -0.1) is 0 Å². The molecule has 0 aliphatic rings. The van der Waals surface area contributed by atoms with Crippen molar-refractivity contribution in [2.45, 2.75) is 13.8 Å². The molecule has 1 aromatic heterocycles. The van der Waals surface area contributed by atoms with Crippen LogP contribution in [0.4, 0.5) is 11.4 Å². The Balaban J connectivity index is 2.04. The maximum Gasteiger partial charge on any atom is 0.337 e. The zero-order valence-electron chi connectivity index (χ0n) is 13.4. The van der Waals surface area contributed by atoms with Crippen molar-refractivity contribution < 1.29 is 9.53 Å². The highest BCUT2D eigenvalue weighted by molar-refractivity contribution is 5.96. The molecule has 3 rings (SSSR count). The number of hydrogen-bond donors (Lipinski definition) is 1. The molecule has 23 heavy (non-hydrogen) atoms. The lowest BCUT2D eigenvalue weighted by molar-refractivity contribution is 0.0601. The number of carbonyl (C=O) groups excluding carboxylic acids is 1. The highest BCUT2D eigenvalue weighted by Crippen LogP contribution is 2.28. The summed E-state index contributed by atoms with van der Waals surface area (Å²) in [5.74, 6) is -0.347. The molecule has 0 amide bonds. The zero-order valence-corrected chi connectivity index (χ0v) is 13.4. The normalized spacial score (nSPS) is 10.6. The molecule has 4 nitrogen and oxygen atoms in total. The quantitative estimate of drug-likeness (QED) is 0.729. The summed E-state index contributed by atoms with van der Waals surface area (Å²) in [5.41, 5.74) is 5.62. The van der Waals surface area contributed by atoms with Crippen LogP contribution in [0.25, 0.3) is 10.9 Å². The first-order valence-corrected chi connectivity index (χ1v) is 7.40. The Morgan fingerprint density at radius 1 is 1.13 bits per heavy atom. The third kappa shape index (κ3) is 3.01. The summed E-state index contributed by atoms with van der Waals surface area (Å²) < 4.78 is 4.77. The molecule has 2 aromatic carbocycles. The van der Waals surface area contributed by atoms with Crippen molar-refractivity contribution in [2.24, 2.45) is 0 Å². The number of esters is 1. The number of aryl methyl sites for hydroxylation is 2. The Morgan fingerprint density at radius 2 is 1.96 bits per heavy atom. The SMILES string of the molecule is COC(=O)c1cccc(Nc2ccnc3c(C)cc(C)cc23)c1. The lowest BCUT2D eigenvalue weighted by Crippen LogP contribution is -2.02. The summed E-state index contributed by atoms with van der Waals surface area (Å²) in [7, 11) is 1.38. The predicted molar refractivity (Wildman–Crippen MR) is 92.3 cm³/mol. The van der Waals surface area contributed by atoms with Crippen molar-refractivity contribution in [2.75, 3.05) is 12.4 Å². The van der Waals surface area contributed by atoms with E-state index >= 15 is 0 Å². The van der Waals surface area contributed by atoms with Gasteiger partial charge in [0.25, 0.3) is 0 Å². The first kappa shape index (κ1) is 15.0. The Morgan fingerprint density at radius 3 is 2.74 bits per heavy atom. The second-order valence-corrected chi connectivity index (χ2v) is 5.53. The van der Waals surface area contributed by atoms with Crippen molar-refractivity contribution in [3.05, 3.63) is 65.4 Å². The number of ether oxygens (including phenoxy) is 1. The number of carbonyl (C=O) groups is 1. The van der Waals surface area contributed by atoms with Gasteiger partial charge in [-0.05, 0) is 49.7 Å². The van der Waals surface area contributed by atoms with E-state index in [9.17, 15) is 4.79 Å². The fourth-order valence-corrected chi connectivity index (χ4v) is 2.72. The molecular weight excluding hydrogens is 288 g/mol. The molecule has 0 spiro atoms. The molecule has 0 aliphatic heterocycles. The van der Waals surface area contributed by atoms with E-state index < -0.39 is 0 Å². The van der Waals surface area contributed by atoms with E-state index in [0.717, 1.165) is 27.8 Å². The first-order valence-electron chi connectivity index (χ1n) is 7.40. The fraction of sp³-hybridized carbons (Fsp3) is 0.158. The molecule has 0 aliphatic carbocycles. The molecule has 0 unspecified atom stereocenters. The van der Waals surface area contributed by atoms with Crippen LogP contribution >= 0.6 is 0 Å². The van der Waals surface area contributed by atoms with Gasteiger partial charge in [0.1, 0.15) is 0 Å². The fourth-order valence-electron chi connectivity index (χ4n) is 2.72. The molecule has 0 bridgehead atoms. The van der Waals surface area contributed by atoms with Gasteiger partial charge in [0.15, 0.2) is 0 Å². The van der Waals surface area contributed by atoms with Crippen LogP contribution < -0.4 is 5.32 Å². The van der Waals surface area contributed by atoms with Crippen LogP contribution in [0.2, 0.25) is 0 Å². The van der Waals surface area contributed by atoms with Gasteiger partial charge in [0.05, 0.1) is 18.2 Å². The van der Waals surface area contributed by atoms with Crippen molar-refractivity contribution in [3.8, 4) is 0 Å². The minimum Gasteiger partial charge on any atom is -0.465 e. The lowest BCUT2D eigenvalue weighted by Gasteiger charge is -2.12. The number of methoxy groups -OCH3 is 1. The van der Waals surface area contributed by atoms with Gasteiger partial charge >= 0.3 is 5.97 Å². The van der Waals surface area contributed by atoms with Crippen LogP contribution in [-0.4, -0.2) is 18.1 Å². The number of nitrogens with one attached hydrogen (secondary N) is 1. The first-order chi connectivity index (χ1) is 11.1. The summed E-state index contributed by atoms with van der Waals surface area (Å²) >= 11 is 0. The number of nitrogens with zero attached hydrogens (tertiary/aromatic N) is 1. The maximum atomic E-state index is 11.7. The number of hydrogen-bond acceptors (Lipinski definition) is 4. The minimum atomic E-state index is -0.347. The molecule has 0 fully saturated rings. The van der Waals surface area contributed by atoms with Gasteiger partial charge in [-0.25, -0.2) is 4.79 Å². The molecule has 116 valence electrons. The summed E-state index contributed by atoms with van der Waals surface area (Å²) in [6.07, 6.45) is 1.79. The largest absolute Gasteiger partial charge is 0.465 e. The second-order valence-electron chi connectivity index (χ2n) is 5.53. The molecule has 4 heteroatoms. The number of benzene rings is 2. The molecule has 0 atom stereocenters. The van der Waals surface area contributed by atoms with E-state index in [0.29, 0.717) is 5.56 Å². The summed E-state index contributed by atoms with van der Waals surface area (Å²) in [5, 5.41) is 4.44. The van der Waals surface area contributed by atoms with E-state index in [1.807, 2.05) is 18.2 Å². The highest BCUT2D eigenvalue weighted by atomic mass is 16.5. The van der Waals surface area contributed by atoms with Gasteiger partial charge in [0.2, 0.25) is 0 Å². The molecule has 1 N–H and O–H groups in total. The van der Waals surface area contributed by atoms with Crippen LogP contribution in [0.15, 0.2) is 48.7 Å². The Hall–Kier alpha value is -2.88. The van der Waals surface area contributed by atoms with Gasteiger partial charge in [-0.3, -0.25) is 4.98 Å². The van der Waals surface area contributed by atoms with E-state index in [-0.39, 0.29) is 5.97 Å². The van der Waals surface area contributed by atoms with Gasteiger partial charge < -0.3 is 10.1 Å². The third-order valence-electron chi connectivity index (χ3n) is 3.74. The van der Waals surface area contributed by atoms with Crippen LogP contribution in [0, 0.1) is 13.8 Å². The van der Waals surface area contributed by atoms with Gasteiger partial charge in [-0.1, -0.05) is 17.7 Å². The molecule has 0 radical (unpaired) electrons. The number of anilines is 2. The van der Waals surface area contributed by atoms with Crippen LogP contribution in [0.5, 0.6) is 0 Å². The van der Waals surface area contributed by atoms with Crippen molar-refractivity contribution in [3.63, 3.8) is 0 Å². The third-order valence-corrected chi connectivity index (χ3v) is 3.74. The summed E-state index contributed by atoms with van der Waals surface area (Å²) in [4.78, 5) is 16.1. The van der Waals surface area contributed by atoms with E-state index in [4.69, 9.17) is 4.74 Å². The van der Waals surface area contributed by atoms with E-state index in [2.05, 4.69) is 36.3 Å². The molecule has 3 aromatic rings. The van der Waals surface area contributed by atoms with Crippen LogP contribution in [-0.2, 0) is 4.74 Å². The number of aromatic nitrogens is 1. The van der Waals surface area contributed by atoms with Crippen molar-refractivity contribution in [1.29, 1.82) is 0 Å². The predicted octanol–water partition coefficient (Wildman–Crippen LogP) is 4.38. The van der Waals surface area contributed by atoms with Crippen LogP contribution in [0.1, 0.15) is 21.5 Å². The van der Waals surface area contributed by atoms with E-state index in [1.165, 1.54) is 12.7 Å². The molecule has 0 saturated heterocycles. The minimum absolute atomic E-state index is 0.347. The Kier molecular flexibility index (Phi) is 3.98. The Labute approximate surface area is 135 Å². The lowest BCUT2D eigenvalue weighted by atomic mass is 10.1. The highest BCUT2D eigenvalue weighted by Gasteiger charge is 2.08. The second kappa shape index (κ2) is 6.08. The topological polar surface area (TPSA) is 51.2 Å². The number of pyridine rings is 1. The number of rotatable bonds is 3. The molecule has 0 saturated carbocycles. The van der Waals surface area contributed by atoms with Gasteiger partial charge in [0, 0.05) is 23.0 Å².